The third-order valence-corrected chi connectivity index (χ3v) is 2.73. The topological polar surface area (TPSA) is 41.6 Å². The summed E-state index contributed by atoms with van der Waals surface area (Å²) in [5.74, 6) is 0. The van der Waals surface area contributed by atoms with Crippen LogP contribution in [0.5, 0.6) is 0 Å². The van der Waals surface area contributed by atoms with Crippen LogP contribution in [0.3, 0.4) is 0 Å². The van der Waals surface area contributed by atoms with E-state index in [0.717, 1.165) is 13.1 Å². The second-order valence-corrected chi connectivity index (χ2v) is 5.74. The molecule has 18 heavy (non-hydrogen) atoms. The van der Waals surface area contributed by atoms with E-state index in [0.29, 0.717) is 0 Å². The van der Waals surface area contributed by atoms with Crippen LogP contribution in [0.2, 0.25) is 0 Å². The monoisotopic (exact) mass is 248 g/mol. The van der Waals surface area contributed by atoms with Crippen LogP contribution in [0.25, 0.3) is 0 Å². The van der Waals surface area contributed by atoms with Gasteiger partial charge in [-0.05, 0) is 38.8 Å². The summed E-state index contributed by atoms with van der Waals surface area (Å²) >= 11 is 0. The molecule has 0 saturated carbocycles. The molecular weight excluding hydrogens is 228 g/mol. The maximum Gasteiger partial charge on any atom is 0.422 e. The second-order valence-electron chi connectivity index (χ2n) is 5.74. The fourth-order valence-electron chi connectivity index (χ4n) is 2.03. The van der Waals surface area contributed by atoms with E-state index in [1.807, 2.05) is 25.8 Å². The van der Waals surface area contributed by atoms with Crippen molar-refractivity contribution >= 4 is 6.09 Å². The zero-order chi connectivity index (χ0) is 13.3. The molecule has 1 heterocycles. The molecule has 4 heteroatoms. The first-order valence-corrected chi connectivity index (χ1v) is 6.16. The average molecular weight is 248 g/mol. The lowest BCUT2D eigenvalue weighted by Gasteiger charge is -2.23. The van der Waals surface area contributed by atoms with E-state index in [1.165, 1.54) is 16.7 Å². The van der Waals surface area contributed by atoms with Gasteiger partial charge in [0.15, 0.2) is 0 Å². The number of nitrogens with one attached hydrogen (secondary N) is 1. The molecule has 0 unspecified atom stereocenters. The summed E-state index contributed by atoms with van der Waals surface area (Å²) in [6.07, 6.45) is -0.396. The van der Waals surface area contributed by atoms with Crippen molar-refractivity contribution in [1.29, 1.82) is 0 Å². The molecule has 0 aliphatic carbocycles. The molecule has 2 rings (SSSR count). The molecule has 1 N–H and O–H groups in total. The lowest BCUT2D eigenvalue weighted by atomic mass is 10.1. The van der Waals surface area contributed by atoms with Crippen molar-refractivity contribution in [3.8, 4) is 0 Å². The SMILES string of the molecule is Cc1ccc2c(c1)CN(NC(=O)OC(C)(C)C)C2. The normalized spacial score (nSPS) is 15.3. The number of amides is 1. The summed E-state index contributed by atoms with van der Waals surface area (Å²) in [6, 6.07) is 6.36. The van der Waals surface area contributed by atoms with Crippen molar-refractivity contribution < 1.29 is 9.53 Å². The number of hydrogen-bond donors (Lipinski definition) is 1. The molecule has 4 nitrogen and oxygen atoms in total. The number of hydrazine groups is 1. The first kappa shape index (κ1) is 12.9. The largest absolute Gasteiger partial charge is 0.443 e. The molecule has 0 spiro atoms. The highest BCUT2D eigenvalue weighted by Gasteiger charge is 2.23. The van der Waals surface area contributed by atoms with Crippen LogP contribution in [-0.2, 0) is 17.8 Å². The molecule has 0 atom stereocenters. The molecular formula is C14H20N2O2. The smallest absolute Gasteiger partial charge is 0.422 e. The zero-order valence-electron chi connectivity index (χ0n) is 11.4. The second kappa shape index (κ2) is 4.61. The van der Waals surface area contributed by atoms with Gasteiger partial charge in [-0.3, -0.25) is 5.43 Å². The number of carbonyl (C=O) groups is 1. The van der Waals surface area contributed by atoms with Gasteiger partial charge in [-0.25, -0.2) is 9.80 Å². The Bertz CT molecular complexity index is 463. The Hall–Kier alpha value is -1.55. The highest BCUT2D eigenvalue weighted by Crippen LogP contribution is 2.22. The zero-order valence-corrected chi connectivity index (χ0v) is 11.4. The van der Waals surface area contributed by atoms with E-state index in [4.69, 9.17) is 4.74 Å². The lowest BCUT2D eigenvalue weighted by molar-refractivity contribution is 0.0323. The molecule has 1 aliphatic rings. The summed E-state index contributed by atoms with van der Waals surface area (Å²) in [5.41, 5.74) is 6.08. The van der Waals surface area contributed by atoms with E-state index < -0.39 is 11.7 Å². The molecule has 0 fully saturated rings. The Labute approximate surface area is 108 Å². The van der Waals surface area contributed by atoms with Crippen molar-refractivity contribution in [2.24, 2.45) is 0 Å². The fourth-order valence-corrected chi connectivity index (χ4v) is 2.03. The molecule has 98 valence electrons. The molecule has 0 aromatic heterocycles. The maximum absolute atomic E-state index is 11.7. The first-order valence-electron chi connectivity index (χ1n) is 6.16. The van der Waals surface area contributed by atoms with Gasteiger partial charge in [-0.15, -0.1) is 0 Å². The van der Waals surface area contributed by atoms with Crippen LogP contribution >= 0.6 is 0 Å². The third-order valence-electron chi connectivity index (χ3n) is 2.73. The number of rotatable bonds is 1. The highest BCUT2D eigenvalue weighted by atomic mass is 16.6. The predicted octanol–water partition coefficient (Wildman–Crippen LogP) is 2.75. The number of benzene rings is 1. The van der Waals surface area contributed by atoms with Gasteiger partial charge < -0.3 is 4.74 Å². The van der Waals surface area contributed by atoms with Gasteiger partial charge in [-0.1, -0.05) is 23.8 Å². The number of ether oxygens (including phenoxy) is 1. The van der Waals surface area contributed by atoms with Gasteiger partial charge in [0.2, 0.25) is 0 Å². The van der Waals surface area contributed by atoms with E-state index >= 15 is 0 Å². The Morgan fingerprint density at radius 1 is 1.28 bits per heavy atom. The number of hydrogen-bond acceptors (Lipinski definition) is 3. The van der Waals surface area contributed by atoms with Crippen molar-refractivity contribution in [2.45, 2.75) is 46.4 Å². The predicted molar refractivity (Wildman–Crippen MR) is 69.8 cm³/mol. The van der Waals surface area contributed by atoms with Crippen LogP contribution in [0.4, 0.5) is 4.79 Å². The summed E-state index contributed by atoms with van der Waals surface area (Å²) in [5, 5.41) is 1.87. The molecule has 0 saturated heterocycles. The van der Waals surface area contributed by atoms with Crippen LogP contribution in [0.15, 0.2) is 18.2 Å². The maximum atomic E-state index is 11.7. The van der Waals surface area contributed by atoms with Crippen molar-refractivity contribution in [2.75, 3.05) is 0 Å². The summed E-state index contributed by atoms with van der Waals surface area (Å²) < 4.78 is 5.23. The van der Waals surface area contributed by atoms with Crippen molar-refractivity contribution in [3.05, 3.63) is 34.9 Å². The number of fused-ring (bicyclic) bond motifs is 1. The van der Waals surface area contributed by atoms with Gasteiger partial charge >= 0.3 is 6.09 Å². The molecule has 1 aromatic carbocycles. The minimum Gasteiger partial charge on any atom is -0.443 e. The Kier molecular flexibility index (Phi) is 3.30. The number of aryl methyl sites for hydroxylation is 1. The van der Waals surface area contributed by atoms with Crippen LogP contribution in [0, 0.1) is 6.92 Å². The van der Waals surface area contributed by atoms with E-state index in [-0.39, 0.29) is 0 Å². The minimum atomic E-state index is -0.465. The fraction of sp³-hybridized carbons (Fsp3) is 0.500. The molecule has 0 bridgehead atoms. The van der Waals surface area contributed by atoms with Gasteiger partial charge in [0.25, 0.3) is 0 Å². The number of nitrogens with zero attached hydrogens (tertiary/aromatic N) is 1. The summed E-state index contributed by atoms with van der Waals surface area (Å²) in [6.45, 7) is 9.10. The van der Waals surface area contributed by atoms with Gasteiger partial charge in [0.1, 0.15) is 5.60 Å². The van der Waals surface area contributed by atoms with E-state index in [9.17, 15) is 4.79 Å². The molecule has 1 aliphatic heterocycles. The summed E-state index contributed by atoms with van der Waals surface area (Å²) in [4.78, 5) is 11.7. The Balaban J connectivity index is 1.94. The van der Waals surface area contributed by atoms with E-state index in [1.54, 1.807) is 0 Å². The van der Waals surface area contributed by atoms with Crippen LogP contribution in [-0.4, -0.2) is 16.7 Å². The van der Waals surface area contributed by atoms with Gasteiger partial charge in [0.05, 0.1) is 0 Å². The molecule has 1 amide bonds. The third kappa shape index (κ3) is 3.23. The van der Waals surface area contributed by atoms with Gasteiger partial charge in [0, 0.05) is 13.1 Å². The van der Waals surface area contributed by atoms with Crippen LogP contribution in [0.1, 0.15) is 37.5 Å². The van der Waals surface area contributed by atoms with E-state index in [2.05, 4.69) is 30.5 Å². The molecule has 1 aromatic rings. The Morgan fingerprint density at radius 3 is 2.61 bits per heavy atom. The lowest BCUT2D eigenvalue weighted by Crippen LogP contribution is -2.41. The van der Waals surface area contributed by atoms with Gasteiger partial charge in [-0.2, -0.15) is 0 Å². The Morgan fingerprint density at radius 2 is 1.94 bits per heavy atom. The quantitative estimate of drug-likeness (QED) is 0.831. The highest BCUT2D eigenvalue weighted by molar-refractivity contribution is 5.67. The standard InChI is InChI=1S/C14H20N2O2/c1-10-5-6-11-8-16(9-12(11)7-10)15-13(17)18-14(2,3)4/h5-7H,8-9H2,1-4H3,(H,15,17). The number of carbonyl (C=O) groups excluding carboxylic acids is 1. The van der Waals surface area contributed by atoms with Crippen LogP contribution < -0.4 is 5.43 Å². The average Bonchev–Trinajstić information content (AvgIpc) is 2.55. The minimum absolute atomic E-state index is 0.396. The summed E-state index contributed by atoms with van der Waals surface area (Å²) in [7, 11) is 0. The molecule has 0 radical (unpaired) electrons. The first-order chi connectivity index (χ1) is 8.33. The van der Waals surface area contributed by atoms with Crippen molar-refractivity contribution in [1.82, 2.24) is 10.4 Å². The van der Waals surface area contributed by atoms with Crippen molar-refractivity contribution in [3.63, 3.8) is 0 Å².